The zero-order valence-electron chi connectivity index (χ0n) is 21.4. The molecule has 0 unspecified atom stereocenters. The molecular weight excluding hydrogens is 536 g/mol. The van der Waals surface area contributed by atoms with E-state index >= 15 is 0 Å². The molecule has 4 amide bonds. The van der Waals surface area contributed by atoms with Gasteiger partial charge in [-0.2, -0.15) is 0 Å². The van der Waals surface area contributed by atoms with Crippen molar-refractivity contribution in [2.45, 2.75) is 58.5 Å². The lowest BCUT2D eigenvalue weighted by Crippen LogP contribution is -2.47. The van der Waals surface area contributed by atoms with Crippen LogP contribution in [0.5, 0.6) is 0 Å². The number of amides is 4. The molecule has 0 saturated carbocycles. The molecule has 0 aliphatic carbocycles. The third-order valence-electron chi connectivity index (χ3n) is 6.80. The Morgan fingerprint density at radius 1 is 0.811 bits per heavy atom. The van der Waals surface area contributed by atoms with E-state index in [-0.39, 0.29) is 23.6 Å². The molecular formula is C28H33BrN4O4. The van der Waals surface area contributed by atoms with E-state index in [1.165, 1.54) is 0 Å². The second kappa shape index (κ2) is 11.0. The molecule has 9 heteroatoms. The first-order valence-electron chi connectivity index (χ1n) is 12.6. The van der Waals surface area contributed by atoms with E-state index in [9.17, 15) is 19.2 Å². The van der Waals surface area contributed by atoms with E-state index < -0.39 is 17.5 Å². The number of para-hydroxylation sites is 1. The Labute approximate surface area is 225 Å². The summed E-state index contributed by atoms with van der Waals surface area (Å²) in [5.41, 5.74) is 0.779. The average Bonchev–Trinajstić information content (AvgIpc) is 3.54. The van der Waals surface area contributed by atoms with Crippen LogP contribution in [0.3, 0.4) is 0 Å². The van der Waals surface area contributed by atoms with Crippen molar-refractivity contribution in [3.8, 4) is 0 Å². The summed E-state index contributed by atoms with van der Waals surface area (Å²) in [4.78, 5) is 56.0. The number of hydrogen-bond acceptors (Lipinski definition) is 4. The predicted octanol–water partition coefficient (Wildman–Crippen LogP) is 4.67. The van der Waals surface area contributed by atoms with Crippen LogP contribution in [0.2, 0.25) is 0 Å². The first-order chi connectivity index (χ1) is 17.6. The summed E-state index contributed by atoms with van der Waals surface area (Å²) in [5.74, 6) is -0.914. The first kappa shape index (κ1) is 26.9. The van der Waals surface area contributed by atoms with Gasteiger partial charge in [-0.05, 0) is 62.1 Å². The van der Waals surface area contributed by atoms with Crippen LogP contribution in [-0.2, 0) is 14.4 Å². The molecule has 2 aliphatic rings. The number of nitrogens with one attached hydrogen (secondary N) is 2. The van der Waals surface area contributed by atoms with Crippen LogP contribution in [-0.4, -0.2) is 58.6 Å². The molecule has 2 aliphatic heterocycles. The Morgan fingerprint density at radius 2 is 1.38 bits per heavy atom. The van der Waals surface area contributed by atoms with Crippen molar-refractivity contribution in [1.29, 1.82) is 0 Å². The lowest BCUT2D eigenvalue weighted by Gasteiger charge is -2.30. The second-order valence-corrected chi connectivity index (χ2v) is 11.5. The fourth-order valence-corrected chi connectivity index (χ4v) is 5.17. The van der Waals surface area contributed by atoms with E-state index in [1.54, 1.807) is 46.2 Å². The maximum absolute atomic E-state index is 13.6. The van der Waals surface area contributed by atoms with Crippen molar-refractivity contribution in [3.05, 3.63) is 58.6 Å². The van der Waals surface area contributed by atoms with Crippen molar-refractivity contribution in [3.63, 3.8) is 0 Å². The number of likely N-dealkylation sites (tertiary alicyclic amines) is 2. The minimum Gasteiger partial charge on any atom is -0.330 e. The molecule has 0 radical (unpaired) electrons. The molecule has 37 heavy (non-hydrogen) atoms. The third kappa shape index (κ3) is 6.04. The highest BCUT2D eigenvalue weighted by Gasteiger charge is 2.39. The van der Waals surface area contributed by atoms with Gasteiger partial charge in [0.05, 0.1) is 11.3 Å². The number of nitrogens with zero attached hydrogens (tertiary/aromatic N) is 2. The van der Waals surface area contributed by atoms with Gasteiger partial charge in [-0.25, -0.2) is 0 Å². The van der Waals surface area contributed by atoms with E-state index in [1.807, 2.05) is 32.9 Å². The van der Waals surface area contributed by atoms with Crippen LogP contribution in [0.1, 0.15) is 56.8 Å². The first-order valence-corrected chi connectivity index (χ1v) is 13.4. The Kier molecular flexibility index (Phi) is 8.02. The van der Waals surface area contributed by atoms with E-state index in [0.717, 1.165) is 10.9 Å². The van der Waals surface area contributed by atoms with Crippen molar-refractivity contribution in [1.82, 2.24) is 9.80 Å². The maximum atomic E-state index is 13.6. The molecule has 0 bridgehead atoms. The highest BCUT2D eigenvalue weighted by Crippen LogP contribution is 2.28. The molecule has 4 rings (SSSR count). The fraction of sp³-hybridized carbons (Fsp3) is 0.429. The Hall–Kier alpha value is -3.20. The second-order valence-electron chi connectivity index (χ2n) is 10.6. The normalized spacial score (nSPS) is 19.6. The molecule has 2 N–H and O–H groups in total. The summed E-state index contributed by atoms with van der Waals surface area (Å²) in [6.45, 7) is 6.52. The van der Waals surface area contributed by atoms with Crippen molar-refractivity contribution < 1.29 is 19.2 Å². The van der Waals surface area contributed by atoms with Crippen molar-refractivity contribution >= 4 is 50.9 Å². The molecule has 2 fully saturated rings. The van der Waals surface area contributed by atoms with E-state index in [4.69, 9.17) is 0 Å². The number of carbonyl (C=O) groups is 4. The van der Waals surface area contributed by atoms with Gasteiger partial charge in [-0.15, -0.1) is 0 Å². The SMILES string of the molecule is CC(C)(C)C(=O)N1CCC[C@@H]1C(=O)Nc1ccccc1C(=O)N1CCC[C@@H]1C(=O)Nc1ccc(Br)cc1. The number of rotatable bonds is 5. The fourth-order valence-electron chi connectivity index (χ4n) is 4.90. The van der Waals surface area contributed by atoms with Gasteiger partial charge >= 0.3 is 0 Å². The standard InChI is InChI=1S/C28H33BrN4O4/c1-28(2,3)27(37)33-17-7-11-23(33)25(35)31-21-9-5-4-8-20(21)26(36)32-16-6-10-22(32)24(34)30-19-14-12-18(29)13-15-19/h4-5,8-9,12-15,22-23H,6-7,10-11,16-17H2,1-3H3,(H,30,34)(H,31,35)/t22-,23-/m1/s1. The summed E-state index contributed by atoms with van der Waals surface area (Å²) in [7, 11) is 0. The Morgan fingerprint density at radius 3 is 2.03 bits per heavy atom. The monoisotopic (exact) mass is 568 g/mol. The zero-order chi connectivity index (χ0) is 26.7. The Balaban J connectivity index is 1.49. The van der Waals surface area contributed by atoms with Gasteiger partial charge in [0.2, 0.25) is 17.7 Å². The lowest BCUT2D eigenvalue weighted by atomic mass is 9.94. The molecule has 2 heterocycles. The largest absolute Gasteiger partial charge is 0.330 e. The minimum atomic E-state index is -0.602. The molecule has 2 aromatic carbocycles. The Bertz CT molecular complexity index is 1190. The maximum Gasteiger partial charge on any atom is 0.256 e. The van der Waals surface area contributed by atoms with E-state index in [0.29, 0.717) is 49.3 Å². The average molecular weight is 570 g/mol. The van der Waals surface area contributed by atoms with Gasteiger partial charge in [0, 0.05) is 28.7 Å². The number of hydrogen-bond donors (Lipinski definition) is 2. The van der Waals surface area contributed by atoms with Crippen LogP contribution >= 0.6 is 15.9 Å². The summed E-state index contributed by atoms with van der Waals surface area (Å²) >= 11 is 3.38. The topological polar surface area (TPSA) is 98.8 Å². The van der Waals surface area contributed by atoms with Crippen LogP contribution < -0.4 is 10.6 Å². The summed E-state index contributed by atoms with van der Waals surface area (Å²) < 4.78 is 0.908. The van der Waals surface area contributed by atoms with E-state index in [2.05, 4.69) is 26.6 Å². The zero-order valence-corrected chi connectivity index (χ0v) is 23.0. The van der Waals surface area contributed by atoms with Crippen LogP contribution in [0.25, 0.3) is 0 Å². The quantitative estimate of drug-likeness (QED) is 0.547. The third-order valence-corrected chi connectivity index (χ3v) is 7.33. The smallest absolute Gasteiger partial charge is 0.256 e. The number of benzene rings is 2. The number of anilines is 2. The van der Waals surface area contributed by atoms with Gasteiger partial charge < -0.3 is 20.4 Å². The summed E-state index contributed by atoms with van der Waals surface area (Å²) in [6, 6.07) is 12.9. The predicted molar refractivity (Wildman–Crippen MR) is 146 cm³/mol. The van der Waals surface area contributed by atoms with Crippen molar-refractivity contribution in [2.24, 2.45) is 5.41 Å². The highest BCUT2D eigenvalue weighted by molar-refractivity contribution is 9.10. The molecule has 0 aromatic heterocycles. The minimum absolute atomic E-state index is 0.0637. The molecule has 2 saturated heterocycles. The van der Waals surface area contributed by atoms with Gasteiger partial charge in [0.15, 0.2) is 0 Å². The summed E-state index contributed by atoms with van der Waals surface area (Å²) in [5, 5.41) is 5.79. The van der Waals surface area contributed by atoms with Crippen LogP contribution in [0, 0.1) is 5.41 Å². The summed E-state index contributed by atoms with van der Waals surface area (Å²) in [6.07, 6.45) is 2.61. The van der Waals surface area contributed by atoms with Gasteiger partial charge in [0.25, 0.3) is 5.91 Å². The highest BCUT2D eigenvalue weighted by atomic mass is 79.9. The molecule has 0 spiro atoms. The molecule has 196 valence electrons. The van der Waals surface area contributed by atoms with Gasteiger partial charge in [0.1, 0.15) is 12.1 Å². The molecule has 2 aromatic rings. The molecule has 2 atom stereocenters. The van der Waals surface area contributed by atoms with Crippen molar-refractivity contribution in [2.75, 3.05) is 23.7 Å². The number of halogens is 1. The number of carbonyl (C=O) groups excluding carboxylic acids is 4. The van der Waals surface area contributed by atoms with Gasteiger partial charge in [-0.3, -0.25) is 19.2 Å². The van der Waals surface area contributed by atoms with Crippen LogP contribution in [0.15, 0.2) is 53.0 Å². The van der Waals surface area contributed by atoms with Crippen LogP contribution in [0.4, 0.5) is 11.4 Å². The van der Waals surface area contributed by atoms with Gasteiger partial charge in [-0.1, -0.05) is 48.8 Å². The lowest BCUT2D eigenvalue weighted by molar-refractivity contribution is -0.143. The molecule has 8 nitrogen and oxygen atoms in total.